The molecule has 1 saturated carbocycles. The number of rotatable bonds is 6. The molecule has 2 aromatic carbocycles. The second-order valence-corrected chi connectivity index (χ2v) is 13.5. The zero-order chi connectivity index (χ0) is 33.1. The summed E-state index contributed by atoms with van der Waals surface area (Å²) < 4.78 is 85.3. The van der Waals surface area contributed by atoms with Crippen LogP contribution in [0.5, 0.6) is 0 Å². The Bertz CT molecular complexity index is 2080. The number of pyridine rings is 1. The van der Waals surface area contributed by atoms with Gasteiger partial charge >= 0.3 is 11.9 Å². The van der Waals surface area contributed by atoms with E-state index in [-0.39, 0.29) is 58.9 Å². The van der Waals surface area contributed by atoms with Crippen LogP contribution in [0.1, 0.15) is 36.8 Å². The molecule has 1 saturated heterocycles. The SMILES string of the molecule is C=CC(=O)N1CCN(c2nc(=O)n(-c3c(C4CC4)cccc3S(C)(=O)=O)c3nc(-c4ccccc4C(F)(F)F)c(F)cc23)[C@@H](C)C1. The largest absolute Gasteiger partial charge is 0.417 e. The number of carbonyl (C=O) groups is 1. The number of hydrogen-bond donors (Lipinski definition) is 0. The lowest BCUT2D eigenvalue weighted by molar-refractivity contribution is -0.137. The molecule has 0 N–H and O–H groups in total. The number of piperazine rings is 1. The highest BCUT2D eigenvalue weighted by Crippen LogP contribution is 2.45. The van der Waals surface area contributed by atoms with E-state index < -0.39 is 50.4 Å². The monoisotopic (exact) mass is 655 g/mol. The summed E-state index contributed by atoms with van der Waals surface area (Å²) in [5.41, 5.74) is -3.00. The molecule has 2 aliphatic rings. The van der Waals surface area contributed by atoms with Crippen LogP contribution in [0.2, 0.25) is 0 Å². The van der Waals surface area contributed by atoms with Gasteiger partial charge in [-0.05, 0) is 55.5 Å². The molecule has 0 bridgehead atoms. The van der Waals surface area contributed by atoms with E-state index in [0.717, 1.165) is 41.9 Å². The van der Waals surface area contributed by atoms with Crippen LogP contribution < -0.4 is 10.6 Å². The van der Waals surface area contributed by atoms with Gasteiger partial charge in [-0.2, -0.15) is 18.2 Å². The van der Waals surface area contributed by atoms with Crippen molar-refractivity contribution >= 4 is 32.6 Å². The number of sulfone groups is 1. The number of para-hydroxylation sites is 1. The number of carbonyl (C=O) groups excluding carboxylic acids is 1. The van der Waals surface area contributed by atoms with Crippen molar-refractivity contribution in [1.82, 2.24) is 19.4 Å². The minimum absolute atomic E-state index is 0.00858. The maximum Gasteiger partial charge on any atom is 0.417 e. The molecule has 14 heteroatoms. The van der Waals surface area contributed by atoms with E-state index in [9.17, 15) is 31.2 Å². The third-order valence-corrected chi connectivity index (χ3v) is 9.47. The quantitative estimate of drug-likeness (QED) is 0.210. The second kappa shape index (κ2) is 11.3. The normalized spacial score (nSPS) is 17.4. The summed E-state index contributed by atoms with van der Waals surface area (Å²) in [6.45, 7) is 5.95. The van der Waals surface area contributed by atoms with Crippen LogP contribution in [0, 0.1) is 5.82 Å². The summed E-state index contributed by atoms with van der Waals surface area (Å²) in [7, 11) is -3.94. The van der Waals surface area contributed by atoms with Gasteiger partial charge in [0.25, 0.3) is 0 Å². The van der Waals surface area contributed by atoms with E-state index in [4.69, 9.17) is 0 Å². The smallest absolute Gasteiger partial charge is 0.350 e. The fraction of sp³-hybridized carbons (Fsp3) is 0.312. The number of aromatic nitrogens is 3. The third kappa shape index (κ3) is 5.54. The first-order valence-electron chi connectivity index (χ1n) is 14.5. The van der Waals surface area contributed by atoms with Crippen molar-refractivity contribution in [2.24, 2.45) is 0 Å². The molecule has 0 unspecified atom stereocenters. The molecular weight excluding hydrogens is 626 g/mol. The number of fused-ring (bicyclic) bond motifs is 1. The van der Waals surface area contributed by atoms with Crippen molar-refractivity contribution in [3.63, 3.8) is 0 Å². The summed E-state index contributed by atoms with van der Waals surface area (Å²) in [5, 5.41) is -0.00858. The summed E-state index contributed by atoms with van der Waals surface area (Å²) in [6, 6.07) is 9.54. The average Bonchev–Trinajstić information content (AvgIpc) is 3.85. The van der Waals surface area contributed by atoms with Gasteiger partial charge in [0.05, 0.1) is 21.5 Å². The number of anilines is 1. The molecular formula is C32H29F4N5O4S. The first-order valence-corrected chi connectivity index (χ1v) is 16.4. The van der Waals surface area contributed by atoms with Crippen molar-refractivity contribution in [3.05, 3.63) is 88.6 Å². The Morgan fingerprint density at radius 3 is 2.41 bits per heavy atom. The number of alkyl halides is 3. The number of nitrogens with zero attached hydrogens (tertiary/aromatic N) is 5. The van der Waals surface area contributed by atoms with Crippen LogP contribution >= 0.6 is 0 Å². The maximum atomic E-state index is 16.0. The standard InChI is InChI=1S/C32H29F4N5O4S/c1-4-26(42)39-14-15-40(18(2)17-39)29-22-16-24(33)27(21-8-5-6-10-23(21)32(34,35)36)37-30(22)41(31(43)38-29)28-20(19-12-13-19)9-7-11-25(28)46(3,44)45/h4-11,16,18-19H,1,12-15,17H2,2-3H3/t18-/m0/s1. The second-order valence-electron chi connectivity index (χ2n) is 11.6. The Hall–Kier alpha value is -4.59. The van der Waals surface area contributed by atoms with Crippen LogP contribution in [0.25, 0.3) is 28.0 Å². The Morgan fingerprint density at radius 2 is 1.78 bits per heavy atom. The van der Waals surface area contributed by atoms with Gasteiger partial charge in [-0.25, -0.2) is 27.2 Å². The molecule has 9 nitrogen and oxygen atoms in total. The molecule has 1 atom stereocenters. The van der Waals surface area contributed by atoms with E-state index >= 15 is 4.39 Å². The van der Waals surface area contributed by atoms with Gasteiger partial charge in [0.15, 0.2) is 15.5 Å². The van der Waals surface area contributed by atoms with Gasteiger partial charge in [0.1, 0.15) is 17.3 Å². The zero-order valence-corrected chi connectivity index (χ0v) is 25.7. The first-order chi connectivity index (χ1) is 21.7. The highest BCUT2D eigenvalue weighted by molar-refractivity contribution is 7.90. The third-order valence-electron chi connectivity index (χ3n) is 8.35. The fourth-order valence-electron chi connectivity index (χ4n) is 6.05. The highest BCUT2D eigenvalue weighted by atomic mass is 32.2. The van der Waals surface area contributed by atoms with Crippen LogP contribution in [-0.2, 0) is 20.8 Å². The lowest BCUT2D eigenvalue weighted by Gasteiger charge is -2.40. The summed E-state index contributed by atoms with van der Waals surface area (Å²) in [4.78, 5) is 38.1. The topological polar surface area (TPSA) is 105 Å². The van der Waals surface area contributed by atoms with Gasteiger partial charge < -0.3 is 9.80 Å². The minimum atomic E-state index is -4.84. The fourth-order valence-corrected chi connectivity index (χ4v) is 6.94. The molecule has 0 spiro atoms. The number of hydrogen-bond acceptors (Lipinski definition) is 7. The first kappa shape index (κ1) is 31.4. The Labute approximate surface area is 261 Å². The van der Waals surface area contributed by atoms with Crippen LogP contribution in [0.3, 0.4) is 0 Å². The van der Waals surface area contributed by atoms with Crippen molar-refractivity contribution < 1.29 is 30.8 Å². The Balaban J connectivity index is 1.69. The molecule has 4 aromatic rings. The van der Waals surface area contributed by atoms with Gasteiger partial charge in [-0.3, -0.25) is 4.79 Å². The number of benzene rings is 2. The maximum absolute atomic E-state index is 16.0. The van der Waals surface area contributed by atoms with Gasteiger partial charge in [-0.1, -0.05) is 36.9 Å². The number of halogens is 4. The van der Waals surface area contributed by atoms with Gasteiger partial charge in [0, 0.05) is 37.5 Å². The average molecular weight is 656 g/mol. The van der Waals surface area contributed by atoms with Gasteiger partial charge in [0.2, 0.25) is 5.91 Å². The van der Waals surface area contributed by atoms with Crippen molar-refractivity contribution in [2.45, 2.75) is 42.8 Å². The molecule has 3 heterocycles. The highest BCUT2D eigenvalue weighted by Gasteiger charge is 2.36. The van der Waals surface area contributed by atoms with E-state index in [1.807, 2.05) is 0 Å². The predicted octanol–water partition coefficient (Wildman–Crippen LogP) is 5.11. The molecule has 240 valence electrons. The molecule has 1 aliphatic heterocycles. The van der Waals surface area contributed by atoms with E-state index in [2.05, 4.69) is 16.5 Å². The Morgan fingerprint density at radius 1 is 1.07 bits per heavy atom. The summed E-state index contributed by atoms with van der Waals surface area (Å²) in [5.74, 6) is -1.43. The van der Waals surface area contributed by atoms with Crippen LogP contribution in [0.4, 0.5) is 23.4 Å². The minimum Gasteiger partial charge on any atom is -0.350 e. The van der Waals surface area contributed by atoms with Crippen LogP contribution in [-0.4, -0.2) is 65.7 Å². The van der Waals surface area contributed by atoms with E-state index in [1.165, 1.54) is 24.3 Å². The summed E-state index contributed by atoms with van der Waals surface area (Å²) >= 11 is 0. The molecule has 1 amide bonds. The molecule has 46 heavy (non-hydrogen) atoms. The van der Waals surface area contributed by atoms with Crippen molar-refractivity contribution in [2.75, 3.05) is 30.8 Å². The van der Waals surface area contributed by atoms with E-state index in [0.29, 0.717) is 5.56 Å². The van der Waals surface area contributed by atoms with Crippen molar-refractivity contribution in [3.8, 4) is 16.9 Å². The van der Waals surface area contributed by atoms with Crippen molar-refractivity contribution in [1.29, 1.82) is 0 Å². The van der Waals surface area contributed by atoms with Crippen LogP contribution in [0.15, 0.2) is 70.9 Å². The molecule has 2 aromatic heterocycles. The predicted molar refractivity (Wildman–Crippen MR) is 164 cm³/mol. The van der Waals surface area contributed by atoms with E-state index in [1.54, 1.807) is 28.9 Å². The zero-order valence-electron chi connectivity index (χ0n) is 24.9. The number of amides is 1. The Kier molecular flexibility index (Phi) is 7.74. The lowest BCUT2D eigenvalue weighted by Crippen LogP contribution is -2.54. The molecule has 6 rings (SSSR count). The molecule has 1 aliphatic carbocycles. The van der Waals surface area contributed by atoms with Gasteiger partial charge in [-0.15, -0.1) is 0 Å². The molecule has 2 fully saturated rings. The molecule has 0 radical (unpaired) electrons. The summed E-state index contributed by atoms with van der Waals surface area (Å²) in [6.07, 6.45) is -1.20. The lowest BCUT2D eigenvalue weighted by atomic mass is 10.0.